The van der Waals surface area contributed by atoms with Crippen LogP contribution in [-0.2, 0) is 13.1 Å². The van der Waals surface area contributed by atoms with Crippen molar-refractivity contribution in [3.63, 3.8) is 0 Å². The number of hydrogen-bond donors (Lipinski definition) is 1. The number of nitriles is 1. The van der Waals surface area contributed by atoms with E-state index in [2.05, 4.69) is 11.4 Å². The Balaban J connectivity index is 1.81. The molecule has 0 aliphatic rings. The highest BCUT2D eigenvalue weighted by molar-refractivity contribution is 5.29. The molecular formula is C17H18N2O2. The summed E-state index contributed by atoms with van der Waals surface area (Å²) in [4.78, 5) is 0. The van der Waals surface area contributed by atoms with Gasteiger partial charge >= 0.3 is 0 Å². The average Bonchev–Trinajstić information content (AvgIpc) is 2.54. The molecule has 0 atom stereocenters. The molecule has 4 nitrogen and oxygen atoms in total. The maximum Gasteiger partial charge on any atom is 0.174 e. The maximum atomic E-state index is 8.45. The molecular weight excluding hydrogens is 264 g/mol. The summed E-state index contributed by atoms with van der Waals surface area (Å²) < 4.78 is 10.4. The third-order valence-corrected chi connectivity index (χ3v) is 3.02. The van der Waals surface area contributed by atoms with Crippen molar-refractivity contribution in [1.29, 1.82) is 5.26 Å². The molecule has 0 heterocycles. The summed E-state index contributed by atoms with van der Waals surface area (Å²) in [5.41, 5.74) is 2.35. The van der Waals surface area contributed by atoms with Gasteiger partial charge in [0, 0.05) is 13.1 Å². The summed E-state index contributed by atoms with van der Waals surface area (Å²) in [6, 6.07) is 17.7. The minimum absolute atomic E-state index is 0.0768. The van der Waals surface area contributed by atoms with Gasteiger partial charge in [0.05, 0.1) is 7.11 Å². The van der Waals surface area contributed by atoms with Crippen molar-refractivity contribution in [2.24, 2.45) is 0 Å². The molecule has 1 N–H and O–H groups in total. The Bertz CT molecular complexity index is 603. The molecule has 2 aromatic rings. The van der Waals surface area contributed by atoms with Gasteiger partial charge in [-0.2, -0.15) is 5.26 Å². The van der Waals surface area contributed by atoms with Crippen molar-refractivity contribution in [1.82, 2.24) is 5.32 Å². The smallest absolute Gasteiger partial charge is 0.174 e. The van der Waals surface area contributed by atoms with E-state index < -0.39 is 0 Å². The zero-order valence-electron chi connectivity index (χ0n) is 12.0. The molecule has 0 aliphatic heterocycles. The van der Waals surface area contributed by atoms with E-state index in [0.717, 1.165) is 18.8 Å². The molecule has 0 unspecified atom stereocenters. The molecule has 4 heteroatoms. The van der Waals surface area contributed by atoms with Gasteiger partial charge < -0.3 is 14.8 Å². The monoisotopic (exact) mass is 282 g/mol. The van der Waals surface area contributed by atoms with E-state index in [-0.39, 0.29) is 6.61 Å². The molecule has 0 saturated carbocycles. The van der Waals surface area contributed by atoms with Gasteiger partial charge in [-0.05, 0) is 35.4 Å². The third kappa shape index (κ3) is 4.83. The lowest BCUT2D eigenvalue weighted by molar-refractivity contribution is 0.368. The van der Waals surface area contributed by atoms with Crippen LogP contribution in [0, 0.1) is 11.3 Å². The zero-order valence-corrected chi connectivity index (χ0v) is 12.0. The minimum Gasteiger partial charge on any atom is -0.497 e. The fourth-order valence-electron chi connectivity index (χ4n) is 1.95. The van der Waals surface area contributed by atoms with Gasteiger partial charge in [-0.15, -0.1) is 0 Å². The van der Waals surface area contributed by atoms with Crippen molar-refractivity contribution >= 4 is 0 Å². The first-order chi connectivity index (χ1) is 10.3. The van der Waals surface area contributed by atoms with Crippen molar-refractivity contribution in [3.05, 3.63) is 59.7 Å². The van der Waals surface area contributed by atoms with E-state index in [1.165, 1.54) is 11.1 Å². The molecule has 0 saturated heterocycles. The van der Waals surface area contributed by atoms with Crippen molar-refractivity contribution < 1.29 is 9.47 Å². The van der Waals surface area contributed by atoms with E-state index in [1.807, 2.05) is 48.5 Å². The van der Waals surface area contributed by atoms with E-state index >= 15 is 0 Å². The van der Waals surface area contributed by atoms with Gasteiger partial charge in [-0.3, -0.25) is 0 Å². The third-order valence-electron chi connectivity index (χ3n) is 3.02. The van der Waals surface area contributed by atoms with E-state index in [0.29, 0.717) is 5.75 Å². The van der Waals surface area contributed by atoms with E-state index in [9.17, 15) is 0 Å². The molecule has 2 aromatic carbocycles. The normalized spacial score (nSPS) is 9.90. The Morgan fingerprint density at radius 2 is 1.76 bits per heavy atom. The lowest BCUT2D eigenvalue weighted by Crippen LogP contribution is -2.12. The summed E-state index contributed by atoms with van der Waals surface area (Å²) in [6.07, 6.45) is 0. The molecule has 2 rings (SSSR count). The van der Waals surface area contributed by atoms with Crippen molar-refractivity contribution in [2.75, 3.05) is 13.7 Å². The highest BCUT2D eigenvalue weighted by Gasteiger charge is 1.98. The quantitative estimate of drug-likeness (QED) is 0.848. The van der Waals surface area contributed by atoms with Crippen LogP contribution in [-0.4, -0.2) is 13.7 Å². The van der Waals surface area contributed by atoms with Crippen LogP contribution in [0.25, 0.3) is 0 Å². The topological polar surface area (TPSA) is 54.3 Å². The second kappa shape index (κ2) is 7.93. The van der Waals surface area contributed by atoms with Gasteiger partial charge in [-0.1, -0.05) is 24.3 Å². The van der Waals surface area contributed by atoms with Crippen LogP contribution in [0.15, 0.2) is 48.5 Å². The summed E-state index contributed by atoms with van der Waals surface area (Å²) in [7, 11) is 1.67. The first-order valence-electron chi connectivity index (χ1n) is 6.74. The van der Waals surface area contributed by atoms with Crippen LogP contribution >= 0.6 is 0 Å². The molecule has 108 valence electrons. The number of rotatable bonds is 7. The predicted octanol–water partition coefficient (Wildman–Crippen LogP) is 2.89. The highest BCUT2D eigenvalue weighted by atomic mass is 16.5. The van der Waals surface area contributed by atoms with Crippen LogP contribution in [0.5, 0.6) is 11.5 Å². The number of methoxy groups -OCH3 is 1. The zero-order chi connectivity index (χ0) is 14.9. The van der Waals surface area contributed by atoms with Crippen LogP contribution < -0.4 is 14.8 Å². The Labute approximate surface area is 124 Å². The summed E-state index contributed by atoms with van der Waals surface area (Å²) in [6.45, 7) is 1.63. The van der Waals surface area contributed by atoms with Gasteiger partial charge in [0.2, 0.25) is 0 Å². The second-order valence-electron chi connectivity index (χ2n) is 4.55. The fourth-order valence-corrected chi connectivity index (χ4v) is 1.95. The molecule has 0 fully saturated rings. The first-order valence-corrected chi connectivity index (χ1v) is 6.74. The second-order valence-corrected chi connectivity index (χ2v) is 4.55. The molecule has 0 aromatic heterocycles. The summed E-state index contributed by atoms with van der Waals surface area (Å²) in [5.74, 6) is 1.58. The molecule has 0 amide bonds. The van der Waals surface area contributed by atoms with Crippen LogP contribution in [0.1, 0.15) is 11.1 Å². The predicted molar refractivity (Wildman–Crippen MR) is 81.1 cm³/mol. The van der Waals surface area contributed by atoms with E-state index in [1.54, 1.807) is 7.11 Å². The summed E-state index contributed by atoms with van der Waals surface area (Å²) in [5, 5.41) is 11.8. The Morgan fingerprint density at radius 1 is 1.00 bits per heavy atom. The number of benzene rings is 2. The van der Waals surface area contributed by atoms with Crippen LogP contribution in [0.2, 0.25) is 0 Å². The Morgan fingerprint density at radius 3 is 2.48 bits per heavy atom. The maximum absolute atomic E-state index is 8.45. The molecule has 0 aliphatic carbocycles. The van der Waals surface area contributed by atoms with Gasteiger partial charge in [0.1, 0.15) is 17.6 Å². The van der Waals surface area contributed by atoms with Crippen LogP contribution in [0.3, 0.4) is 0 Å². The minimum atomic E-state index is 0.0768. The standard InChI is InChI=1S/C17H18N2O2/c1-20-17-4-2-3-15(11-17)13-19-12-14-5-7-16(8-6-14)21-10-9-18/h2-8,11,19H,10,12-13H2,1H3. The fraction of sp³-hybridized carbons (Fsp3) is 0.235. The SMILES string of the molecule is COc1cccc(CNCc2ccc(OCC#N)cc2)c1. The van der Waals surface area contributed by atoms with Crippen molar-refractivity contribution in [2.45, 2.75) is 13.1 Å². The van der Waals surface area contributed by atoms with E-state index in [4.69, 9.17) is 14.7 Å². The van der Waals surface area contributed by atoms with Crippen LogP contribution in [0.4, 0.5) is 0 Å². The number of nitrogens with zero attached hydrogens (tertiary/aromatic N) is 1. The first kappa shape index (κ1) is 14.9. The van der Waals surface area contributed by atoms with Gasteiger partial charge in [0.15, 0.2) is 6.61 Å². The number of nitrogens with one attached hydrogen (secondary N) is 1. The highest BCUT2D eigenvalue weighted by Crippen LogP contribution is 2.14. The molecule has 21 heavy (non-hydrogen) atoms. The largest absolute Gasteiger partial charge is 0.497 e. The molecule has 0 spiro atoms. The lowest BCUT2D eigenvalue weighted by Gasteiger charge is -2.08. The Kier molecular flexibility index (Phi) is 5.62. The van der Waals surface area contributed by atoms with Crippen molar-refractivity contribution in [3.8, 4) is 17.6 Å². The Hall–Kier alpha value is -2.51. The van der Waals surface area contributed by atoms with Gasteiger partial charge in [-0.25, -0.2) is 0 Å². The number of ether oxygens (including phenoxy) is 2. The number of hydrogen-bond acceptors (Lipinski definition) is 4. The van der Waals surface area contributed by atoms with Gasteiger partial charge in [0.25, 0.3) is 0 Å². The average molecular weight is 282 g/mol. The molecule has 0 bridgehead atoms. The lowest BCUT2D eigenvalue weighted by atomic mass is 10.2. The summed E-state index contributed by atoms with van der Waals surface area (Å²) >= 11 is 0. The molecule has 0 radical (unpaired) electrons.